The average Bonchev–Trinajstić information content (AvgIpc) is 3.23. The summed E-state index contributed by atoms with van der Waals surface area (Å²) in [5.41, 5.74) is 1.38. The Bertz CT molecular complexity index is 1030. The second kappa shape index (κ2) is 7.85. The lowest BCUT2D eigenvalue weighted by Gasteiger charge is -2.18. The fraction of sp³-hybridized carbons (Fsp3) is 0.368. The zero-order valence-corrected chi connectivity index (χ0v) is 16.2. The fourth-order valence-corrected chi connectivity index (χ4v) is 3.70. The summed E-state index contributed by atoms with van der Waals surface area (Å²) in [6.45, 7) is 1.37. The Hall–Kier alpha value is -2.30. The smallest absolute Gasteiger partial charge is 0.181 e. The first-order valence-corrected chi connectivity index (χ1v) is 9.45. The number of fused-ring (bicyclic) bond motifs is 1. The molecule has 3 aromatic rings. The van der Waals surface area contributed by atoms with Gasteiger partial charge in [0.2, 0.25) is 0 Å². The van der Waals surface area contributed by atoms with E-state index in [2.05, 4.69) is 15.4 Å². The van der Waals surface area contributed by atoms with Crippen molar-refractivity contribution in [3.8, 4) is 0 Å². The first kappa shape index (κ1) is 20.0. The molecule has 4 N–H and O–H groups in total. The summed E-state index contributed by atoms with van der Waals surface area (Å²) in [6, 6.07) is 7.70. The molecular weight excluding hydrogens is 403 g/mol. The van der Waals surface area contributed by atoms with Crippen molar-refractivity contribution < 1.29 is 24.4 Å². The molecule has 1 saturated heterocycles. The predicted octanol–water partition coefficient (Wildman–Crippen LogP) is 2.01. The lowest BCUT2D eigenvalue weighted by molar-refractivity contribution is -0.0566. The summed E-state index contributed by atoms with van der Waals surface area (Å²) in [5, 5.41) is 37.8. The average molecular weight is 423 g/mol. The number of anilines is 1. The minimum absolute atomic E-state index is 0.161. The molecular formula is C19H20ClFN4O4. The van der Waals surface area contributed by atoms with E-state index in [-0.39, 0.29) is 17.0 Å². The Morgan fingerprint density at radius 3 is 2.76 bits per heavy atom. The quantitative estimate of drug-likeness (QED) is 0.465. The molecule has 3 heterocycles. The molecule has 0 radical (unpaired) electrons. The van der Waals surface area contributed by atoms with Gasteiger partial charge in [0, 0.05) is 5.56 Å². The van der Waals surface area contributed by atoms with Gasteiger partial charge in [-0.3, -0.25) is 0 Å². The second-order valence-corrected chi connectivity index (χ2v) is 7.32. The topological polar surface area (TPSA) is 113 Å². The first-order valence-electron chi connectivity index (χ1n) is 9.08. The van der Waals surface area contributed by atoms with Crippen molar-refractivity contribution in [1.82, 2.24) is 14.8 Å². The largest absolute Gasteiger partial charge is 0.394 e. The lowest BCUT2D eigenvalue weighted by atomic mass is 10.1. The fourth-order valence-electron chi connectivity index (χ4n) is 3.51. The van der Waals surface area contributed by atoms with E-state index in [1.807, 2.05) is 6.92 Å². The number of hydrogen-bond donors (Lipinski definition) is 4. The zero-order valence-electron chi connectivity index (χ0n) is 15.4. The summed E-state index contributed by atoms with van der Waals surface area (Å²) in [5.74, 6) is -0.328. The van der Waals surface area contributed by atoms with Gasteiger partial charge in [-0.2, -0.15) is 5.10 Å². The van der Waals surface area contributed by atoms with Gasteiger partial charge in [0.15, 0.2) is 11.9 Å². The van der Waals surface area contributed by atoms with Gasteiger partial charge < -0.3 is 25.4 Å². The van der Waals surface area contributed by atoms with Crippen LogP contribution in [-0.2, 0) is 4.74 Å². The highest BCUT2D eigenvalue weighted by Crippen LogP contribution is 2.34. The highest BCUT2D eigenvalue weighted by molar-refractivity contribution is 6.30. The molecule has 0 amide bonds. The third-order valence-corrected chi connectivity index (χ3v) is 5.23. The van der Waals surface area contributed by atoms with Crippen LogP contribution < -0.4 is 5.32 Å². The van der Waals surface area contributed by atoms with Crippen molar-refractivity contribution in [2.75, 3.05) is 11.9 Å². The first-order chi connectivity index (χ1) is 13.9. The monoisotopic (exact) mass is 422 g/mol. The molecule has 1 fully saturated rings. The van der Waals surface area contributed by atoms with E-state index in [1.165, 1.54) is 16.9 Å². The van der Waals surface area contributed by atoms with Crippen molar-refractivity contribution in [3.63, 3.8) is 0 Å². The molecule has 0 spiro atoms. The third-order valence-electron chi connectivity index (χ3n) is 5.04. The minimum atomic E-state index is -1.30. The van der Waals surface area contributed by atoms with Crippen molar-refractivity contribution in [3.05, 3.63) is 53.1 Å². The standard InChI is InChI=1S/C19H20ClFN4O4/c1-9(10-4-2-3-5-12(10)21)23-13-6-15(20)24-18-11(13)7-22-25(18)19-17(28)16(27)14(8-26)29-19/h2-7,9,14,16-17,19,26-28H,8H2,1H3,(H,23,24)/t9-,14+,16+,17+,19+/m0/s1. The van der Waals surface area contributed by atoms with Gasteiger partial charge in [0.05, 0.1) is 29.9 Å². The number of hydrogen-bond acceptors (Lipinski definition) is 7. The Balaban J connectivity index is 1.70. The number of ether oxygens (including phenoxy) is 1. The Morgan fingerprint density at radius 1 is 1.31 bits per heavy atom. The molecule has 10 heteroatoms. The number of benzene rings is 1. The molecule has 2 aromatic heterocycles. The van der Waals surface area contributed by atoms with Crippen LogP contribution in [-0.4, -0.2) is 55.0 Å². The van der Waals surface area contributed by atoms with E-state index < -0.39 is 31.1 Å². The summed E-state index contributed by atoms with van der Waals surface area (Å²) in [4.78, 5) is 4.27. The molecule has 4 rings (SSSR count). The summed E-state index contributed by atoms with van der Waals surface area (Å²) in [7, 11) is 0. The van der Waals surface area contributed by atoms with Gasteiger partial charge >= 0.3 is 0 Å². The van der Waals surface area contributed by atoms with Crippen LogP contribution in [0.5, 0.6) is 0 Å². The Morgan fingerprint density at radius 2 is 2.07 bits per heavy atom. The number of aliphatic hydroxyl groups is 3. The van der Waals surface area contributed by atoms with Gasteiger partial charge in [-0.1, -0.05) is 29.8 Å². The van der Waals surface area contributed by atoms with Crippen LogP contribution in [0.25, 0.3) is 11.0 Å². The Kier molecular flexibility index (Phi) is 5.41. The molecule has 0 saturated carbocycles. The van der Waals surface area contributed by atoms with Gasteiger partial charge in [0.1, 0.15) is 29.3 Å². The molecule has 0 aliphatic carbocycles. The SMILES string of the molecule is C[C@H](Nc1cc(Cl)nc2c1cnn2[C@@H]1O[C@H](CO)[C@@H](O)[C@H]1O)c1ccccc1F. The van der Waals surface area contributed by atoms with E-state index in [1.54, 1.807) is 24.3 Å². The molecule has 1 aliphatic rings. The number of aromatic nitrogens is 3. The molecule has 0 unspecified atom stereocenters. The van der Waals surface area contributed by atoms with Gasteiger partial charge in [0.25, 0.3) is 0 Å². The van der Waals surface area contributed by atoms with Crippen LogP contribution in [0.1, 0.15) is 24.8 Å². The summed E-state index contributed by atoms with van der Waals surface area (Å²) >= 11 is 6.18. The van der Waals surface area contributed by atoms with Crippen molar-refractivity contribution in [1.29, 1.82) is 0 Å². The van der Waals surface area contributed by atoms with Crippen LogP contribution in [0.3, 0.4) is 0 Å². The van der Waals surface area contributed by atoms with Crippen molar-refractivity contribution >= 4 is 28.3 Å². The molecule has 0 bridgehead atoms. The van der Waals surface area contributed by atoms with Crippen molar-refractivity contribution in [2.24, 2.45) is 0 Å². The van der Waals surface area contributed by atoms with Crippen LogP contribution in [0.2, 0.25) is 5.15 Å². The highest BCUT2D eigenvalue weighted by atomic mass is 35.5. The highest BCUT2D eigenvalue weighted by Gasteiger charge is 2.44. The minimum Gasteiger partial charge on any atom is -0.394 e. The summed E-state index contributed by atoms with van der Waals surface area (Å²) in [6.07, 6.45) is -3.02. The number of rotatable bonds is 5. The maximum Gasteiger partial charge on any atom is 0.181 e. The molecule has 1 aromatic carbocycles. The molecule has 154 valence electrons. The van der Waals surface area contributed by atoms with Crippen LogP contribution in [0.15, 0.2) is 36.5 Å². The third kappa shape index (κ3) is 3.56. The Labute approximate surface area is 170 Å². The molecule has 1 aliphatic heterocycles. The van der Waals surface area contributed by atoms with Crippen LogP contribution in [0, 0.1) is 5.82 Å². The molecule has 29 heavy (non-hydrogen) atoms. The zero-order chi connectivity index (χ0) is 20.7. The summed E-state index contributed by atoms with van der Waals surface area (Å²) < 4.78 is 21.0. The van der Waals surface area contributed by atoms with Gasteiger partial charge in [-0.05, 0) is 19.1 Å². The van der Waals surface area contributed by atoms with Gasteiger partial charge in [-0.25, -0.2) is 14.1 Å². The van der Waals surface area contributed by atoms with E-state index in [4.69, 9.17) is 16.3 Å². The maximum absolute atomic E-state index is 14.1. The van der Waals surface area contributed by atoms with Crippen LogP contribution >= 0.6 is 11.6 Å². The van der Waals surface area contributed by atoms with E-state index >= 15 is 0 Å². The van der Waals surface area contributed by atoms with E-state index in [0.717, 1.165) is 0 Å². The predicted molar refractivity (Wildman–Crippen MR) is 104 cm³/mol. The number of nitrogens with zero attached hydrogens (tertiary/aromatic N) is 3. The normalized spacial score (nSPS) is 25.4. The number of nitrogens with one attached hydrogen (secondary N) is 1. The van der Waals surface area contributed by atoms with Crippen molar-refractivity contribution in [2.45, 2.75) is 37.5 Å². The maximum atomic E-state index is 14.1. The van der Waals surface area contributed by atoms with E-state index in [0.29, 0.717) is 22.3 Å². The second-order valence-electron chi connectivity index (χ2n) is 6.94. The van der Waals surface area contributed by atoms with Gasteiger partial charge in [-0.15, -0.1) is 0 Å². The molecule has 8 nitrogen and oxygen atoms in total. The molecule has 5 atom stereocenters. The number of aliphatic hydroxyl groups excluding tert-OH is 3. The van der Waals surface area contributed by atoms with Crippen LogP contribution in [0.4, 0.5) is 10.1 Å². The number of pyridine rings is 1. The van der Waals surface area contributed by atoms with E-state index in [9.17, 15) is 19.7 Å². The lowest BCUT2D eigenvalue weighted by Crippen LogP contribution is -2.33. The number of halogens is 2.